The summed E-state index contributed by atoms with van der Waals surface area (Å²) in [6, 6.07) is 7.19. The number of anilines is 1. The zero-order chi connectivity index (χ0) is 20.1. The van der Waals surface area contributed by atoms with Gasteiger partial charge in [-0.05, 0) is 30.3 Å². The second-order valence-electron chi connectivity index (χ2n) is 7.63. The van der Waals surface area contributed by atoms with Crippen LogP contribution in [0.1, 0.15) is 20.8 Å². The number of nitrogens with zero attached hydrogens (tertiary/aromatic N) is 2. The van der Waals surface area contributed by atoms with Crippen molar-refractivity contribution in [1.82, 2.24) is 9.97 Å². The van der Waals surface area contributed by atoms with E-state index < -0.39 is 8.32 Å². The third-order valence-electron chi connectivity index (χ3n) is 4.65. The number of hydrogen-bond acceptors (Lipinski definition) is 7. The monoisotopic (exact) mass is 391 g/mol. The zero-order valence-corrected chi connectivity index (χ0v) is 17.9. The number of ether oxygens (including phenoxy) is 3. The highest BCUT2D eigenvalue weighted by Gasteiger charge is 2.36. The minimum atomic E-state index is -1.82. The van der Waals surface area contributed by atoms with Gasteiger partial charge in [0.05, 0.1) is 13.7 Å². The Bertz CT molecular complexity index is 763. The first-order chi connectivity index (χ1) is 12.6. The smallest absolute Gasteiger partial charge is 0.263 e. The van der Waals surface area contributed by atoms with Crippen LogP contribution in [0, 0.1) is 0 Å². The normalized spacial score (nSPS) is 11.9. The minimum Gasteiger partial charge on any atom is -0.497 e. The molecule has 1 aromatic carbocycles. The van der Waals surface area contributed by atoms with Gasteiger partial charge in [-0.25, -0.2) is 4.98 Å². The lowest BCUT2D eigenvalue weighted by atomic mass is 10.2. The fourth-order valence-corrected chi connectivity index (χ4v) is 3.03. The lowest BCUT2D eigenvalue weighted by Gasteiger charge is -2.36. The van der Waals surface area contributed by atoms with Gasteiger partial charge in [0.15, 0.2) is 14.1 Å². The molecule has 8 heteroatoms. The second-order valence-corrected chi connectivity index (χ2v) is 12.4. The molecule has 0 amide bonds. The van der Waals surface area contributed by atoms with E-state index in [9.17, 15) is 0 Å². The molecule has 2 N–H and O–H groups in total. The summed E-state index contributed by atoms with van der Waals surface area (Å²) in [5, 5.41) is 0.146. The Morgan fingerprint density at radius 3 is 2.44 bits per heavy atom. The van der Waals surface area contributed by atoms with E-state index in [-0.39, 0.29) is 22.5 Å². The summed E-state index contributed by atoms with van der Waals surface area (Å²) in [5.41, 5.74) is 5.96. The maximum Gasteiger partial charge on any atom is 0.263 e. The molecule has 2 rings (SSSR count). The third kappa shape index (κ3) is 5.57. The molecule has 0 spiro atoms. The summed E-state index contributed by atoms with van der Waals surface area (Å²) >= 11 is 0. The highest BCUT2D eigenvalue weighted by molar-refractivity contribution is 6.74. The number of nitrogen functional groups attached to an aromatic ring is 1. The van der Waals surface area contributed by atoms with Crippen molar-refractivity contribution in [3.8, 4) is 23.1 Å². The third-order valence-corrected chi connectivity index (χ3v) is 9.19. The largest absolute Gasteiger partial charge is 0.497 e. The maximum absolute atomic E-state index is 6.12. The Kier molecular flexibility index (Phi) is 6.67. The molecule has 27 heavy (non-hydrogen) atoms. The van der Waals surface area contributed by atoms with Crippen LogP contribution in [0.3, 0.4) is 0 Å². The van der Waals surface area contributed by atoms with E-state index in [4.69, 9.17) is 24.4 Å². The van der Waals surface area contributed by atoms with Crippen LogP contribution in [0.4, 0.5) is 5.82 Å². The molecule has 0 bridgehead atoms. The molecule has 0 fully saturated rings. The van der Waals surface area contributed by atoms with Crippen molar-refractivity contribution in [3.05, 3.63) is 30.6 Å². The number of rotatable bonds is 8. The molecule has 0 saturated heterocycles. The average molecular weight is 392 g/mol. The molecule has 1 aromatic heterocycles. The lowest BCUT2D eigenvalue weighted by Crippen LogP contribution is -2.41. The van der Waals surface area contributed by atoms with Crippen LogP contribution < -0.4 is 19.9 Å². The van der Waals surface area contributed by atoms with Crippen LogP contribution >= 0.6 is 0 Å². The maximum atomic E-state index is 6.12. The quantitative estimate of drug-likeness (QED) is 0.531. The highest BCUT2D eigenvalue weighted by atomic mass is 28.4. The summed E-state index contributed by atoms with van der Waals surface area (Å²) in [7, 11) is -0.228. The Morgan fingerprint density at radius 2 is 1.78 bits per heavy atom. The van der Waals surface area contributed by atoms with E-state index in [1.807, 2.05) is 12.1 Å². The molecule has 2 aromatic rings. The standard InChI is InChI=1S/C19H29N3O4Si/c1-19(2,3)27(5,6)25-11-10-24-18-16(17(20)21-13-22-18)26-15-9-7-8-14(12-15)23-4/h7-9,12-13H,10-11H2,1-6H3,(H2,20,21,22). The van der Waals surface area contributed by atoms with Crippen molar-refractivity contribution in [1.29, 1.82) is 0 Å². The van der Waals surface area contributed by atoms with E-state index in [1.165, 1.54) is 6.33 Å². The Morgan fingerprint density at radius 1 is 1.07 bits per heavy atom. The average Bonchev–Trinajstić information content (AvgIpc) is 2.60. The van der Waals surface area contributed by atoms with Gasteiger partial charge >= 0.3 is 0 Å². The molecule has 0 unspecified atom stereocenters. The van der Waals surface area contributed by atoms with Gasteiger partial charge in [-0.2, -0.15) is 4.98 Å². The first-order valence-corrected chi connectivity index (χ1v) is 11.7. The van der Waals surface area contributed by atoms with Crippen molar-refractivity contribution in [2.45, 2.75) is 38.9 Å². The summed E-state index contributed by atoms with van der Waals surface area (Å²) in [6.45, 7) is 11.8. The van der Waals surface area contributed by atoms with E-state index in [2.05, 4.69) is 43.8 Å². The highest BCUT2D eigenvalue weighted by Crippen LogP contribution is 2.37. The van der Waals surface area contributed by atoms with Crippen LogP contribution in [0.25, 0.3) is 0 Å². The fraction of sp³-hybridized carbons (Fsp3) is 0.474. The number of benzene rings is 1. The van der Waals surface area contributed by atoms with Crippen molar-refractivity contribution < 1.29 is 18.6 Å². The molecule has 0 atom stereocenters. The lowest BCUT2D eigenvalue weighted by molar-refractivity contribution is 0.195. The first-order valence-electron chi connectivity index (χ1n) is 8.83. The van der Waals surface area contributed by atoms with Crippen molar-refractivity contribution in [3.63, 3.8) is 0 Å². The van der Waals surface area contributed by atoms with E-state index >= 15 is 0 Å². The van der Waals surface area contributed by atoms with Crippen LogP contribution in [-0.4, -0.2) is 38.6 Å². The Balaban J connectivity index is 2.04. The fourth-order valence-electron chi connectivity index (χ4n) is 2.00. The topological polar surface area (TPSA) is 88.7 Å². The minimum absolute atomic E-state index is 0.146. The van der Waals surface area contributed by atoms with Gasteiger partial charge < -0.3 is 24.4 Å². The molecular weight excluding hydrogens is 362 g/mol. The van der Waals surface area contributed by atoms with Gasteiger partial charge in [-0.15, -0.1) is 0 Å². The van der Waals surface area contributed by atoms with Crippen LogP contribution in [0.2, 0.25) is 18.1 Å². The number of aromatic nitrogens is 2. The van der Waals surface area contributed by atoms with Crippen molar-refractivity contribution in [2.24, 2.45) is 0 Å². The second kappa shape index (κ2) is 8.58. The van der Waals surface area contributed by atoms with E-state index in [0.717, 1.165) is 0 Å². The molecule has 0 aliphatic carbocycles. The molecule has 0 aliphatic heterocycles. The summed E-state index contributed by atoms with van der Waals surface area (Å²) in [6.07, 6.45) is 1.35. The van der Waals surface area contributed by atoms with Crippen LogP contribution in [-0.2, 0) is 4.43 Å². The summed E-state index contributed by atoms with van der Waals surface area (Å²) < 4.78 is 22.9. The molecule has 7 nitrogen and oxygen atoms in total. The van der Waals surface area contributed by atoms with Crippen LogP contribution in [0.5, 0.6) is 23.1 Å². The molecular formula is C19H29N3O4Si. The predicted molar refractivity (Wildman–Crippen MR) is 108 cm³/mol. The molecule has 148 valence electrons. The molecule has 0 saturated carbocycles. The number of nitrogens with two attached hydrogens (primary N) is 1. The molecule has 0 radical (unpaired) electrons. The van der Waals surface area contributed by atoms with Crippen molar-refractivity contribution in [2.75, 3.05) is 26.1 Å². The van der Waals surface area contributed by atoms with Gasteiger partial charge in [0, 0.05) is 6.07 Å². The predicted octanol–water partition coefficient (Wildman–Crippen LogP) is 4.26. The molecule has 1 heterocycles. The molecule has 0 aliphatic rings. The van der Waals surface area contributed by atoms with E-state index in [1.54, 1.807) is 19.2 Å². The van der Waals surface area contributed by atoms with Gasteiger partial charge in [0.1, 0.15) is 24.4 Å². The zero-order valence-electron chi connectivity index (χ0n) is 16.9. The van der Waals surface area contributed by atoms with Gasteiger partial charge in [-0.3, -0.25) is 0 Å². The Labute approximate surface area is 162 Å². The van der Waals surface area contributed by atoms with Gasteiger partial charge in [0.2, 0.25) is 5.75 Å². The first kappa shape index (κ1) is 21.0. The van der Waals surface area contributed by atoms with Gasteiger partial charge in [-0.1, -0.05) is 26.8 Å². The summed E-state index contributed by atoms with van der Waals surface area (Å²) in [5.74, 6) is 1.99. The summed E-state index contributed by atoms with van der Waals surface area (Å²) in [4.78, 5) is 8.13. The van der Waals surface area contributed by atoms with E-state index in [0.29, 0.717) is 24.7 Å². The number of methoxy groups -OCH3 is 1. The Hall–Kier alpha value is -2.32. The van der Waals surface area contributed by atoms with Gasteiger partial charge in [0.25, 0.3) is 5.88 Å². The number of hydrogen-bond donors (Lipinski definition) is 1. The van der Waals surface area contributed by atoms with Crippen molar-refractivity contribution >= 4 is 14.1 Å². The van der Waals surface area contributed by atoms with Crippen LogP contribution in [0.15, 0.2) is 30.6 Å². The SMILES string of the molecule is COc1cccc(Oc2c(N)ncnc2OCCO[Si](C)(C)C(C)(C)C)c1.